The van der Waals surface area contributed by atoms with Crippen LogP contribution in [0.2, 0.25) is 0 Å². The Morgan fingerprint density at radius 1 is 0.972 bits per heavy atom. The summed E-state index contributed by atoms with van der Waals surface area (Å²) in [6.07, 6.45) is 8.40. The molecule has 36 heavy (non-hydrogen) atoms. The van der Waals surface area contributed by atoms with E-state index in [0.717, 1.165) is 70.6 Å². The first-order valence-electron chi connectivity index (χ1n) is 14.5. The van der Waals surface area contributed by atoms with Crippen molar-refractivity contribution in [1.82, 2.24) is 37.2 Å². The Morgan fingerprint density at radius 2 is 1.86 bits per heavy atom. The van der Waals surface area contributed by atoms with E-state index in [9.17, 15) is 4.79 Å². The van der Waals surface area contributed by atoms with Crippen LogP contribution in [0.3, 0.4) is 0 Å². The monoisotopic (exact) mass is 523 g/mol. The van der Waals surface area contributed by atoms with E-state index in [-0.39, 0.29) is 24.3 Å². The standard InChI is InChI=1S/C26H49N7O2S/c1-16-5-6-19(30-24(34)23-15-36-25(31-23)17-4-3-8-27-12-17)11-22(16)33-26-29-9-7-21(32-26)18-10-20(35-2)14-28-13-18/h16-23,25-29,31-33H,3-15H2,1-2H3,(H,30,34). The minimum Gasteiger partial charge on any atom is -0.380 e. The molecular weight excluding hydrogens is 474 g/mol. The van der Waals surface area contributed by atoms with Gasteiger partial charge in [-0.1, -0.05) is 6.92 Å². The van der Waals surface area contributed by atoms with Crippen molar-refractivity contribution in [2.24, 2.45) is 17.8 Å². The van der Waals surface area contributed by atoms with Gasteiger partial charge in [0.25, 0.3) is 0 Å². The van der Waals surface area contributed by atoms with Crippen molar-refractivity contribution in [3.63, 3.8) is 0 Å². The normalized spacial score (nSPS) is 44.3. The predicted octanol–water partition coefficient (Wildman–Crippen LogP) is 0.140. The molecule has 4 heterocycles. The third-order valence-corrected chi connectivity index (χ3v) is 10.6. The van der Waals surface area contributed by atoms with Crippen LogP contribution in [0.25, 0.3) is 0 Å². The Bertz CT molecular complexity index is 712. The molecule has 4 saturated heterocycles. The Morgan fingerprint density at radius 3 is 2.69 bits per heavy atom. The molecule has 0 radical (unpaired) electrons. The fraction of sp³-hybridized carbons (Fsp3) is 0.962. The van der Waals surface area contributed by atoms with Gasteiger partial charge in [-0.3, -0.25) is 26.1 Å². The average molecular weight is 524 g/mol. The van der Waals surface area contributed by atoms with Gasteiger partial charge in [0.05, 0.1) is 17.5 Å². The molecule has 5 fully saturated rings. The van der Waals surface area contributed by atoms with Gasteiger partial charge in [0.15, 0.2) is 0 Å². The number of hydrogen-bond donors (Lipinski definition) is 7. The molecule has 0 bridgehead atoms. The van der Waals surface area contributed by atoms with E-state index >= 15 is 0 Å². The van der Waals surface area contributed by atoms with Crippen LogP contribution in [-0.2, 0) is 9.53 Å². The number of amides is 1. The molecule has 0 aromatic heterocycles. The Hall–Kier alpha value is -0.460. The van der Waals surface area contributed by atoms with E-state index in [2.05, 4.69) is 44.1 Å². The van der Waals surface area contributed by atoms with Crippen LogP contribution in [0.1, 0.15) is 51.9 Å². The lowest BCUT2D eigenvalue weighted by Crippen LogP contribution is -2.66. The van der Waals surface area contributed by atoms with Crippen molar-refractivity contribution in [3.8, 4) is 0 Å². The van der Waals surface area contributed by atoms with E-state index in [1.807, 2.05) is 18.9 Å². The number of thioether (sulfide) groups is 1. The van der Waals surface area contributed by atoms with Crippen LogP contribution in [0, 0.1) is 17.8 Å². The lowest BCUT2D eigenvalue weighted by atomic mass is 9.82. The van der Waals surface area contributed by atoms with Crippen molar-refractivity contribution in [1.29, 1.82) is 0 Å². The van der Waals surface area contributed by atoms with Gasteiger partial charge in [-0.15, -0.1) is 11.8 Å². The van der Waals surface area contributed by atoms with Crippen LogP contribution in [-0.4, -0.2) is 93.4 Å². The van der Waals surface area contributed by atoms with Crippen molar-refractivity contribution < 1.29 is 9.53 Å². The smallest absolute Gasteiger partial charge is 0.238 e. The van der Waals surface area contributed by atoms with E-state index < -0.39 is 0 Å². The zero-order valence-electron chi connectivity index (χ0n) is 22.2. The number of rotatable bonds is 7. The number of methoxy groups -OCH3 is 1. The maximum absolute atomic E-state index is 13.1. The molecule has 5 rings (SSSR count). The SMILES string of the molecule is COC1CNCC(C2CCNC(NC3CC(NC(=O)C4CSC(C5CCCNC5)N4)CCC3C)N2)C1. The molecule has 1 amide bonds. The van der Waals surface area contributed by atoms with Crippen LogP contribution < -0.4 is 37.2 Å². The number of carbonyl (C=O) groups is 1. The lowest BCUT2D eigenvalue weighted by Gasteiger charge is -2.43. The summed E-state index contributed by atoms with van der Waals surface area (Å²) in [5.74, 6) is 2.90. The number of carbonyl (C=O) groups excluding carboxylic acids is 1. The molecule has 0 aromatic carbocycles. The van der Waals surface area contributed by atoms with Crippen molar-refractivity contribution in [2.75, 3.05) is 45.6 Å². The van der Waals surface area contributed by atoms with Crippen molar-refractivity contribution >= 4 is 17.7 Å². The molecule has 1 aliphatic carbocycles. The maximum atomic E-state index is 13.1. The third kappa shape index (κ3) is 6.94. The Kier molecular flexibility index (Phi) is 9.84. The molecule has 10 atom stereocenters. The highest BCUT2D eigenvalue weighted by Gasteiger charge is 2.38. The second-order valence-electron chi connectivity index (χ2n) is 11.8. The van der Waals surface area contributed by atoms with Crippen LogP contribution in [0.5, 0.6) is 0 Å². The molecule has 1 saturated carbocycles. The molecule has 10 heteroatoms. The predicted molar refractivity (Wildman–Crippen MR) is 146 cm³/mol. The highest BCUT2D eigenvalue weighted by Crippen LogP contribution is 2.30. The van der Waals surface area contributed by atoms with Crippen LogP contribution in [0.4, 0.5) is 0 Å². The summed E-state index contributed by atoms with van der Waals surface area (Å²) in [6, 6.07) is 1.06. The second-order valence-corrected chi connectivity index (χ2v) is 13.0. The molecule has 0 spiro atoms. The van der Waals surface area contributed by atoms with Gasteiger partial charge in [-0.2, -0.15) is 0 Å². The summed E-state index contributed by atoms with van der Waals surface area (Å²) in [7, 11) is 1.82. The van der Waals surface area contributed by atoms with E-state index in [4.69, 9.17) is 4.74 Å². The van der Waals surface area contributed by atoms with Crippen LogP contribution >= 0.6 is 11.8 Å². The minimum atomic E-state index is -0.0600. The minimum absolute atomic E-state index is 0.0600. The molecule has 206 valence electrons. The van der Waals surface area contributed by atoms with E-state index in [1.54, 1.807) is 0 Å². The van der Waals surface area contributed by atoms with E-state index in [0.29, 0.717) is 41.3 Å². The van der Waals surface area contributed by atoms with Gasteiger partial charge < -0.3 is 20.7 Å². The van der Waals surface area contributed by atoms with Gasteiger partial charge >= 0.3 is 0 Å². The second kappa shape index (κ2) is 13.1. The molecular formula is C26H49N7O2S. The molecule has 7 N–H and O–H groups in total. The summed E-state index contributed by atoms with van der Waals surface area (Å²) >= 11 is 1.93. The Balaban J connectivity index is 1.08. The molecule has 0 aromatic rings. The average Bonchev–Trinajstić information content (AvgIpc) is 3.42. The number of nitrogens with one attached hydrogen (secondary N) is 7. The van der Waals surface area contributed by atoms with Crippen LogP contribution in [0.15, 0.2) is 0 Å². The first-order valence-corrected chi connectivity index (χ1v) is 15.5. The first kappa shape index (κ1) is 27.1. The number of piperidine rings is 2. The summed E-state index contributed by atoms with van der Waals surface area (Å²) in [4.78, 5) is 13.1. The zero-order chi connectivity index (χ0) is 24.9. The fourth-order valence-electron chi connectivity index (χ4n) is 6.89. The first-order chi connectivity index (χ1) is 17.6. The lowest BCUT2D eigenvalue weighted by molar-refractivity contribution is -0.123. The summed E-state index contributed by atoms with van der Waals surface area (Å²) in [5, 5.41) is 25.9. The molecule has 5 aliphatic rings. The number of ether oxygens (including phenoxy) is 1. The van der Waals surface area contributed by atoms with Gasteiger partial charge in [0.2, 0.25) is 5.91 Å². The van der Waals surface area contributed by atoms with Crippen molar-refractivity contribution in [3.05, 3.63) is 0 Å². The van der Waals surface area contributed by atoms with Gasteiger partial charge in [-0.05, 0) is 82.3 Å². The van der Waals surface area contributed by atoms with Gasteiger partial charge in [-0.25, -0.2) is 0 Å². The summed E-state index contributed by atoms with van der Waals surface area (Å²) in [6.45, 7) is 7.59. The molecule has 4 aliphatic heterocycles. The quantitative estimate of drug-likeness (QED) is 0.251. The highest BCUT2D eigenvalue weighted by atomic mass is 32.2. The maximum Gasteiger partial charge on any atom is 0.238 e. The Labute approximate surface area is 221 Å². The zero-order valence-corrected chi connectivity index (χ0v) is 23.0. The topological polar surface area (TPSA) is 111 Å². The van der Waals surface area contributed by atoms with E-state index in [1.165, 1.54) is 12.8 Å². The fourth-order valence-corrected chi connectivity index (χ4v) is 8.31. The molecule has 10 unspecified atom stereocenters. The highest BCUT2D eigenvalue weighted by molar-refractivity contribution is 8.00. The van der Waals surface area contributed by atoms with Gasteiger partial charge in [0.1, 0.15) is 6.29 Å². The summed E-state index contributed by atoms with van der Waals surface area (Å²) < 4.78 is 5.63. The van der Waals surface area contributed by atoms with Crippen molar-refractivity contribution in [2.45, 2.75) is 93.8 Å². The summed E-state index contributed by atoms with van der Waals surface area (Å²) in [5.41, 5.74) is 0. The van der Waals surface area contributed by atoms with Gasteiger partial charge in [0, 0.05) is 44.1 Å². The third-order valence-electron chi connectivity index (χ3n) is 9.24. The largest absolute Gasteiger partial charge is 0.380 e. The molecule has 9 nitrogen and oxygen atoms in total. The number of hydrogen-bond acceptors (Lipinski definition) is 9.